The largest absolute Gasteiger partial charge is 0.303 e. The van der Waals surface area contributed by atoms with Crippen LogP contribution in [0.4, 0.5) is 0 Å². The van der Waals surface area contributed by atoms with E-state index in [9.17, 15) is 0 Å². The van der Waals surface area contributed by atoms with Gasteiger partial charge in [-0.3, -0.25) is 4.99 Å². The zero-order chi connectivity index (χ0) is 25.7. The van der Waals surface area contributed by atoms with E-state index in [1.807, 2.05) is 7.05 Å². The topological polar surface area (TPSA) is 41.4 Å². The molecule has 0 radical (unpaired) electrons. The number of aliphatic imine (C=N–C) groups is 1. The van der Waals surface area contributed by atoms with Crippen molar-refractivity contribution in [2.45, 2.75) is 110 Å². The van der Waals surface area contributed by atoms with Crippen molar-refractivity contribution in [3.8, 4) is 0 Å². The van der Waals surface area contributed by atoms with E-state index in [2.05, 4.69) is 38.5 Å². The van der Waals surface area contributed by atoms with E-state index in [0.29, 0.717) is 28.4 Å². The fourth-order valence-electron chi connectivity index (χ4n) is 8.01. The van der Waals surface area contributed by atoms with Crippen LogP contribution >= 0.6 is 11.6 Å². The third-order valence-corrected chi connectivity index (χ3v) is 10.4. The summed E-state index contributed by atoms with van der Waals surface area (Å²) in [7, 11) is 4.15. The van der Waals surface area contributed by atoms with E-state index in [4.69, 9.17) is 26.6 Å². The molecular weight excluding hydrogens is 464 g/mol. The van der Waals surface area contributed by atoms with Gasteiger partial charge in [0.25, 0.3) is 0 Å². The molecule has 1 aromatic heterocycles. The Morgan fingerprint density at radius 3 is 2.67 bits per heavy atom. The number of aromatic nitrogens is 2. The number of allylic oxidation sites excluding steroid dienone is 1. The smallest absolute Gasteiger partial charge is 0.175 e. The third-order valence-electron chi connectivity index (χ3n) is 10.1. The molecule has 2 saturated carbocycles. The van der Waals surface area contributed by atoms with Crippen molar-refractivity contribution in [2.24, 2.45) is 28.2 Å². The van der Waals surface area contributed by atoms with Crippen LogP contribution in [0.25, 0.3) is 0 Å². The van der Waals surface area contributed by atoms with E-state index in [1.165, 1.54) is 70.8 Å². The molecule has 0 aromatic carbocycles. The molecule has 5 heteroatoms. The van der Waals surface area contributed by atoms with Crippen LogP contribution in [0, 0.1) is 23.2 Å². The number of halogens is 1. The lowest BCUT2D eigenvalue weighted by molar-refractivity contribution is 0.0697. The molecule has 1 aliphatic heterocycles. The second-order valence-corrected chi connectivity index (χ2v) is 12.3. The van der Waals surface area contributed by atoms with Crippen molar-refractivity contribution in [3.05, 3.63) is 34.9 Å². The summed E-state index contributed by atoms with van der Waals surface area (Å²) in [5.74, 6) is 2.60. The molecule has 2 heterocycles. The van der Waals surface area contributed by atoms with Gasteiger partial charge in [-0.15, -0.1) is 6.58 Å². The minimum Gasteiger partial charge on any atom is -0.303 e. The van der Waals surface area contributed by atoms with Crippen molar-refractivity contribution >= 4 is 17.3 Å². The highest BCUT2D eigenvalue weighted by atomic mass is 35.5. The second kappa shape index (κ2) is 12.5. The van der Waals surface area contributed by atoms with Crippen LogP contribution in [0.15, 0.2) is 17.6 Å². The van der Waals surface area contributed by atoms with E-state index in [1.54, 1.807) is 0 Å². The standard InChI is InChI=1S/C31H49ClN4/c1-6-23-12-8-9-19-31(23)20-10-13-24(31)16-15-22(3)28(33-4)30-34-27(26(7-2)29(32)35-30)18-17-25-14-11-21-36(25)5/h6,22-25H,1,7-21H2,2-5H3/t22?,23-,24?,25-,31?/m0/s1. The molecule has 0 N–H and O–H groups in total. The second-order valence-electron chi connectivity index (χ2n) is 11.9. The zero-order valence-corrected chi connectivity index (χ0v) is 24.1. The summed E-state index contributed by atoms with van der Waals surface area (Å²) in [4.78, 5) is 17.1. The summed E-state index contributed by atoms with van der Waals surface area (Å²) >= 11 is 6.75. The van der Waals surface area contributed by atoms with Gasteiger partial charge in [-0.2, -0.15) is 0 Å². The molecule has 0 bridgehead atoms. The number of hydrogen-bond donors (Lipinski definition) is 0. The van der Waals surface area contributed by atoms with E-state index in [-0.39, 0.29) is 0 Å². The molecule has 3 fully saturated rings. The maximum absolute atomic E-state index is 6.75. The number of hydrogen-bond acceptors (Lipinski definition) is 4. The molecule has 5 atom stereocenters. The molecule has 1 aromatic rings. The predicted octanol–water partition coefficient (Wildman–Crippen LogP) is 7.72. The highest BCUT2D eigenvalue weighted by Crippen LogP contribution is 2.57. The Hall–Kier alpha value is -1.26. The first kappa shape index (κ1) is 27.8. The van der Waals surface area contributed by atoms with Gasteiger partial charge in [-0.05, 0) is 101 Å². The Bertz CT molecular complexity index is 927. The minimum absolute atomic E-state index is 0.329. The molecular formula is C31H49ClN4. The first-order chi connectivity index (χ1) is 17.4. The van der Waals surface area contributed by atoms with Crippen LogP contribution in [-0.2, 0) is 12.8 Å². The van der Waals surface area contributed by atoms with E-state index in [0.717, 1.165) is 54.4 Å². The molecule has 2 aliphatic carbocycles. The predicted molar refractivity (Wildman–Crippen MR) is 153 cm³/mol. The fourth-order valence-corrected chi connectivity index (χ4v) is 8.33. The molecule has 4 rings (SSSR count). The van der Waals surface area contributed by atoms with Crippen molar-refractivity contribution in [1.29, 1.82) is 0 Å². The highest BCUT2D eigenvalue weighted by molar-refractivity contribution is 6.30. The number of nitrogens with zero attached hydrogens (tertiary/aromatic N) is 4. The van der Waals surface area contributed by atoms with Crippen molar-refractivity contribution < 1.29 is 0 Å². The van der Waals surface area contributed by atoms with Gasteiger partial charge in [0, 0.05) is 30.3 Å². The van der Waals surface area contributed by atoms with Crippen LogP contribution in [0.1, 0.15) is 108 Å². The van der Waals surface area contributed by atoms with Gasteiger partial charge >= 0.3 is 0 Å². The summed E-state index contributed by atoms with van der Waals surface area (Å²) in [5.41, 5.74) is 3.78. The van der Waals surface area contributed by atoms with Gasteiger partial charge in [0.1, 0.15) is 5.15 Å². The number of rotatable bonds is 10. The Kier molecular flexibility index (Phi) is 9.66. The van der Waals surface area contributed by atoms with Gasteiger partial charge < -0.3 is 4.90 Å². The fraction of sp³-hybridized carbons (Fsp3) is 0.774. The molecule has 0 amide bonds. The van der Waals surface area contributed by atoms with Crippen molar-refractivity contribution in [2.75, 3.05) is 20.6 Å². The van der Waals surface area contributed by atoms with Crippen LogP contribution in [0.5, 0.6) is 0 Å². The maximum Gasteiger partial charge on any atom is 0.175 e. The maximum atomic E-state index is 6.75. The molecule has 4 nitrogen and oxygen atoms in total. The third kappa shape index (κ3) is 5.75. The molecule has 1 spiro atoms. The molecule has 36 heavy (non-hydrogen) atoms. The van der Waals surface area contributed by atoms with E-state index < -0.39 is 0 Å². The summed E-state index contributed by atoms with van der Waals surface area (Å²) < 4.78 is 0. The summed E-state index contributed by atoms with van der Waals surface area (Å²) in [6, 6.07) is 0.656. The lowest BCUT2D eigenvalue weighted by Gasteiger charge is -2.45. The molecule has 200 valence electrons. The first-order valence-corrected chi connectivity index (χ1v) is 15.2. The van der Waals surface area contributed by atoms with Crippen LogP contribution < -0.4 is 0 Å². The molecule has 3 unspecified atom stereocenters. The Morgan fingerprint density at radius 2 is 1.97 bits per heavy atom. The van der Waals surface area contributed by atoms with Crippen LogP contribution in [0.3, 0.4) is 0 Å². The van der Waals surface area contributed by atoms with E-state index >= 15 is 0 Å². The average molecular weight is 513 g/mol. The van der Waals surface area contributed by atoms with Crippen molar-refractivity contribution in [1.82, 2.24) is 14.9 Å². The Labute approximate surface area is 225 Å². The summed E-state index contributed by atoms with van der Waals surface area (Å²) in [5, 5.41) is 0.622. The zero-order valence-electron chi connectivity index (χ0n) is 23.4. The minimum atomic E-state index is 0.329. The first-order valence-electron chi connectivity index (χ1n) is 14.8. The average Bonchev–Trinajstić information content (AvgIpc) is 3.47. The lowest BCUT2D eigenvalue weighted by Crippen LogP contribution is -2.36. The lowest BCUT2D eigenvalue weighted by atomic mass is 9.60. The monoisotopic (exact) mass is 512 g/mol. The SMILES string of the molecule is C=C[C@H]1CCCCC12CCCC2CCC(C)C(=NC)c1nc(Cl)c(CC)c(CC[C@@H]2CCCN2C)n1. The molecule has 1 saturated heterocycles. The van der Waals surface area contributed by atoms with Gasteiger partial charge in [-0.25, -0.2) is 9.97 Å². The van der Waals surface area contributed by atoms with Crippen LogP contribution in [0.2, 0.25) is 5.15 Å². The Morgan fingerprint density at radius 1 is 1.17 bits per heavy atom. The van der Waals surface area contributed by atoms with Gasteiger partial charge in [0.15, 0.2) is 5.82 Å². The number of likely N-dealkylation sites (tertiary alicyclic amines) is 1. The van der Waals surface area contributed by atoms with Gasteiger partial charge in [0.05, 0.1) is 5.71 Å². The van der Waals surface area contributed by atoms with Gasteiger partial charge in [-0.1, -0.05) is 50.8 Å². The summed E-state index contributed by atoms with van der Waals surface area (Å²) in [6.45, 7) is 9.92. The van der Waals surface area contributed by atoms with Crippen molar-refractivity contribution in [3.63, 3.8) is 0 Å². The van der Waals surface area contributed by atoms with Gasteiger partial charge in [0.2, 0.25) is 0 Å². The Balaban J connectivity index is 1.46. The van der Waals surface area contributed by atoms with Crippen LogP contribution in [-0.4, -0.2) is 47.3 Å². The highest BCUT2D eigenvalue weighted by Gasteiger charge is 2.47. The normalized spacial score (nSPS) is 30.2. The summed E-state index contributed by atoms with van der Waals surface area (Å²) in [6.07, 6.45) is 19.9. The quantitative estimate of drug-likeness (QED) is 0.183. The number of aryl methyl sites for hydroxylation is 1. The molecule has 3 aliphatic rings.